The van der Waals surface area contributed by atoms with Crippen LogP contribution in [0, 0.1) is 6.92 Å². The summed E-state index contributed by atoms with van der Waals surface area (Å²) in [6.07, 6.45) is 0.851. The molecule has 1 aliphatic heterocycles. The Morgan fingerprint density at radius 1 is 0.837 bits per heavy atom. The molecule has 49 heavy (non-hydrogen) atoms. The number of nitrogens with two attached hydrogens (primary N) is 2. The van der Waals surface area contributed by atoms with Gasteiger partial charge in [-0.15, -0.1) is 0 Å². The van der Waals surface area contributed by atoms with Crippen LogP contribution in [0.2, 0.25) is 0 Å². The molecule has 4 atom stereocenters. The molecule has 1 fully saturated rings. The Hall–Kier alpha value is -5.14. The molecule has 0 aliphatic carbocycles. The second-order valence-corrected chi connectivity index (χ2v) is 14.1. The fraction of sp³-hybridized carbons (Fsp3) is 0.216. The highest BCUT2D eigenvalue weighted by atomic mass is 32.2. The lowest BCUT2D eigenvalue weighted by Crippen LogP contribution is -2.46. The van der Waals surface area contributed by atoms with Crippen molar-refractivity contribution in [2.24, 2.45) is 5.73 Å². The summed E-state index contributed by atoms with van der Waals surface area (Å²) in [7, 11) is -2.43. The quantitative estimate of drug-likeness (QED) is 0.193. The summed E-state index contributed by atoms with van der Waals surface area (Å²) in [5, 5.41) is -1.20. The summed E-state index contributed by atoms with van der Waals surface area (Å²) in [5.74, 6) is 0.877. The number of aromatic nitrogens is 4. The van der Waals surface area contributed by atoms with Gasteiger partial charge in [0.05, 0.1) is 31.0 Å². The maximum Gasteiger partial charge on any atom is 0.185 e. The van der Waals surface area contributed by atoms with E-state index in [1.54, 1.807) is 35.9 Å². The molecular formula is C37H36N6O5S. The largest absolute Gasteiger partial charge is 0.497 e. The van der Waals surface area contributed by atoms with E-state index in [4.69, 9.17) is 25.7 Å². The van der Waals surface area contributed by atoms with E-state index in [1.807, 2.05) is 91.9 Å². The Morgan fingerprint density at radius 2 is 1.45 bits per heavy atom. The zero-order valence-corrected chi connectivity index (χ0v) is 27.8. The summed E-state index contributed by atoms with van der Waals surface area (Å²) in [5.41, 5.74) is 16.0. The monoisotopic (exact) mass is 676 g/mol. The number of hydrogen-bond donors (Lipinski definition) is 2. The van der Waals surface area contributed by atoms with Crippen LogP contribution in [0.15, 0.2) is 127 Å². The highest BCUT2D eigenvalue weighted by molar-refractivity contribution is 7.92. The number of sulfone groups is 1. The van der Waals surface area contributed by atoms with Crippen molar-refractivity contribution in [3.05, 3.63) is 144 Å². The van der Waals surface area contributed by atoms with Gasteiger partial charge in [0.2, 0.25) is 0 Å². The summed E-state index contributed by atoms with van der Waals surface area (Å²) in [6, 6.07) is 32.9. The van der Waals surface area contributed by atoms with Gasteiger partial charge in [-0.25, -0.2) is 23.4 Å². The number of anilines is 1. The fourth-order valence-electron chi connectivity index (χ4n) is 6.62. The van der Waals surface area contributed by atoms with Crippen LogP contribution in [-0.2, 0) is 24.9 Å². The van der Waals surface area contributed by atoms with Crippen molar-refractivity contribution in [2.45, 2.75) is 41.0 Å². The van der Waals surface area contributed by atoms with E-state index in [9.17, 15) is 8.42 Å². The Labute approximate surface area is 284 Å². The van der Waals surface area contributed by atoms with Crippen LogP contribution >= 0.6 is 0 Å². The number of aryl methyl sites for hydroxylation is 1. The van der Waals surface area contributed by atoms with Crippen LogP contribution in [0.1, 0.15) is 28.5 Å². The number of fused-ring (bicyclic) bond motifs is 1. The van der Waals surface area contributed by atoms with Crippen molar-refractivity contribution in [2.75, 3.05) is 19.5 Å². The number of rotatable bonds is 10. The standard InChI is InChI=1S/C37H36N6O5S/c1-24-13-19-29(20-14-24)49(44,45)33-30(48-36(31(33)38)43-23-42-32-34(39)40-22-41-35(32)43)21-47-37(25-9-5-3-6-10-25,26-11-7-4-8-12-26)27-15-17-28(46-2)18-16-27/h3-20,22-23,30-31,33,36H,21,38H2,1-2H3,(H2,39,40,41)/t30-,31-,33-,36-/m1/s1. The van der Waals surface area contributed by atoms with Gasteiger partial charge in [0.25, 0.3) is 0 Å². The summed E-state index contributed by atoms with van der Waals surface area (Å²) in [4.78, 5) is 12.9. The van der Waals surface area contributed by atoms with Crippen LogP contribution < -0.4 is 16.2 Å². The maximum atomic E-state index is 14.5. The van der Waals surface area contributed by atoms with Crippen molar-refractivity contribution < 1.29 is 22.6 Å². The molecule has 0 bridgehead atoms. The van der Waals surface area contributed by atoms with Crippen LogP contribution in [0.4, 0.5) is 5.82 Å². The Kier molecular flexibility index (Phi) is 8.63. The smallest absolute Gasteiger partial charge is 0.185 e. The van der Waals surface area contributed by atoms with Crippen LogP contribution in [0.3, 0.4) is 0 Å². The molecule has 6 aromatic rings. The van der Waals surface area contributed by atoms with Gasteiger partial charge < -0.3 is 25.7 Å². The topological polar surface area (TPSA) is 157 Å². The molecule has 7 rings (SSSR count). The lowest BCUT2D eigenvalue weighted by Gasteiger charge is -2.37. The van der Waals surface area contributed by atoms with Gasteiger partial charge in [-0.3, -0.25) is 4.57 Å². The first-order valence-electron chi connectivity index (χ1n) is 15.8. The summed E-state index contributed by atoms with van der Waals surface area (Å²) < 4.78 is 49.8. The van der Waals surface area contributed by atoms with E-state index < -0.39 is 39.1 Å². The molecule has 4 N–H and O–H groups in total. The first kappa shape index (κ1) is 32.4. The zero-order valence-electron chi connectivity index (χ0n) is 27.0. The van der Waals surface area contributed by atoms with Crippen molar-refractivity contribution in [1.82, 2.24) is 19.5 Å². The molecular weight excluding hydrogens is 641 g/mol. The molecule has 4 aromatic carbocycles. The Morgan fingerprint density at radius 3 is 2.06 bits per heavy atom. The third kappa shape index (κ3) is 5.72. The van der Waals surface area contributed by atoms with Crippen LogP contribution in [-0.4, -0.2) is 59.0 Å². The lowest BCUT2D eigenvalue weighted by atomic mass is 9.80. The van der Waals surface area contributed by atoms with E-state index in [2.05, 4.69) is 15.0 Å². The highest BCUT2D eigenvalue weighted by Crippen LogP contribution is 2.43. The average Bonchev–Trinajstić information content (AvgIpc) is 3.71. The molecule has 3 heterocycles. The van der Waals surface area contributed by atoms with E-state index in [-0.39, 0.29) is 17.3 Å². The summed E-state index contributed by atoms with van der Waals surface area (Å²) >= 11 is 0. The minimum atomic E-state index is -4.05. The van der Waals surface area contributed by atoms with E-state index in [0.717, 1.165) is 22.3 Å². The third-order valence-electron chi connectivity index (χ3n) is 9.08. The van der Waals surface area contributed by atoms with Crippen LogP contribution in [0.5, 0.6) is 5.75 Å². The van der Waals surface area contributed by atoms with Gasteiger partial charge in [0, 0.05) is 0 Å². The number of benzene rings is 4. The molecule has 0 saturated carbocycles. The number of ether oxygens (including phenoxy) is 3. The fourth-order valence-corrected chi connectivity index (χ4v) is 8.54. The molecule has 250 valence electrons. The van der Waals surface area contributed by atoms with Crippen molar-refractivity contribution in [3.8, 4) is 5.75 Å². The molecule has 11 nitrogen and oxygen atoms in total. The normalized spacial score (nSPS) is 19.7. The van der Waals surface area contributed by atoms with E-state index >= 15 is 0 Å². The van der Waals surface area contributed by atoms with Gasteiger partial charge in [0.15, 0.2) is 27.5 Å². The highest BCUT2D eigenvalue weighted by Gasteiger charge is 2.52. The molecule has 2 aromatic heterocycles. The van der Waals surface area contributed by atoms with Gasteiger partial charge in [-0.1, -0.05) is 90.5 Å². The zero-order chi connectivity index (χ0) is 34.2. The van der Waals surface area contributed by atoms with E-state index in [0.29, 0.717) is 16.9 Å². The Bertz CT molecular complexity index is 2120. The average molecular weight is 677 g/mol. The number of methoxy groups -OCH3 is 1. The maximum absolute atomic E-state index is 14.5. The van der Waals surface area contributed by atoms with E-state index in [1.165, 1.54) is 12.7 Å². The van der Waals surface area contributed by atoms with Gasteiger partial charge >= 0.3 is 0 Å². The number of nitrogen functional groups attached to an aromatic ring is 1. The first-order valence-corrected chi connectivity index (χ1v) is 17.3. The molecule has 1 aliphatic rings. The minimum absolute atomic E-state index is 0.139. The van der Waals surface area contributed by atoms with Crippen LogP contribution in [0.25, 0.3) is 11.2 Å². The van der Waals surface area contributed by atoms with Gasteiger partial charge in [-0.2, -0.15) is 0 Å². The van der Waals surface area contributed by atoms with Gasteiger partial charge in [-0.05, 0) is 47.9 Å². The predicted octanol–water partition coefficient (Wildman–Crippen LogP) is 4.80. The second kappa shape index (κ2) is 13.1. The minimum Gasteiger partial charge on any atom is -0.497 e. The number of nitrogens with zero attached hydrogens (tertiary/aromatic N) is 4. The third-order valence-corrected chi connectivity index (χ3v) is 11.3. The van der Waals surface area contributed by atoms with Crippen molar-refractivity contribution in [3.63, 3.8) is 0 Å². The number of hydrogen-bond acceptors (Lipinski definition) is 10. The molecule has 12 heteroatoms. The molecule has 0 spiro atoms. The molecule has 0 radical (unpaired) electrons. The van der Waals surface area contributed by atoms with Crippen molar-refractivity contribution >= 4 is 26.8 Å². The lowest BCUT2D eigenvalue weighted by molar-refractivity contribution is -0.0761. The first-order chi connectivity index (χ1) is 23.7. The molecule has 0 unspecified atom stereocenters. The second-order valence-electron chi connectivity index (χ2n) is 12.0. The number of imidazole rings is 1. The SMILES string of the molecule is COc1ccc(C(OC[C@H]2O[C@@H](n3cnc4c(N)ncnc43)[C@H](N)[C@@H]2S(=O)(=O)c2ccc(C)cc2)(c2ccccc2)c2ccccc2)cc1. The van der Waals surface area contributed by atoms with Crippen molar-refractivity contribution in [1.29, 1.82) is 0 Å². The molecule has 1 saturated heterocycles. The molecule has 0 amide bonds. The Balaban J connectivity index is 1.35. The summed E-state index contributed by atoms with van der Waals surface area (Å²) in [6.45, 7) is 1.76. The predicted molar refractivity (Wildman–Crippen MR) is 185 cm³/mol. The van der Waals surface area contributed by atoms with Gasteiger partial charge in [0.1, 0.15) is 34.5 Å².